The smallest absolute Gasteiger partial charge is 0.306 e. The largest absolute Gasteiger partial charge is 0.481 e. The van der Waals surface area contributed by atoms with Gasteiger partial charge in [-0.2, -0.15) is 0 Å². The van der Waals surface area contributed by atoms with Crippen molar-refractivity contribution in [1.82, 2.24) is 4.90 Å². The van der Waals surface area contributed by atoms with Crippen molar-refractivity contribution >= 4 is 52.8 Å². The van der Waals surface area contributed by atoms with E-state index in [1.807, 2.05) is 4.90 Å². The minimum absolute atomic E-state index is 0.0881. The Labute approximate surface area is 229 Å². The standard InChI is InChI=1S/C29H24ClFN4O4/c1-2-18-3-6-21(7-4-18)33-28(37)24-15-20(30)5-10-26(24)34-27(36)23-9-8-22(16-25(23)31)32-17-35-13-11-19(12-14-35)29(38)39/h1,3-10,15-17,19H,11-14H2,(H,33,37)(H,34,36)(H,38,39). The van der Waals surface area contributed by atoms with Crippen molar-refractivity contribution in [3.63, 3.8) is 0 Å². The first-order chi connectivity index (χ1) is 18.7. The molecule has 8 nitrogen and oxygen atoms in total. The molecule has 3 aromatic rings. The Kier molecular flexibility index (Phi) is 8.59. The van der Waals surface area contributed by atoms with Gasteiger partial charge in [0.15, 0.2) is 0 Å². The van der Waals surface area contributed by atoms with Gasteiger partial charge in [0.1, 0.15) is 5.82 Å². The molecule has 0 atom stereocenters. The molecule has 39 heavy (non-hydrogen) atoms. The van der Waals surface area contributed by atoms with Crippen LogP contribution >= 0.6 is 11.6 Å². The summed E-state index contributed by atoms with van der Waals surface area (Å²) in [4.78, 5) is 43.0. The number of nitrogens with one attached hydrogen (secondary N) is 2. The van der Waals surface area contributed by atoms with Gasteiger partial charge >= 0.3 is 5.97 Å². The number of likely N-dealkylation sites (tertiary alicyclic amines) is 1. The number of hydrogen-bond donors (Lipinski definition) is 3. The number of carboxylic acids is 1. The van der Waals surface area contributed by atoms with Crippen LogP contribution in [0.4, 0.5) is 21.5 Å². The first-order valence-corrected chi connectivity index (χ1v) is 12.4. The average Bonchev–Trinajstić information content (AvgIpc) is 2.93. The summed E-state index contributed by atoms with van der Waals surface area (Å²) in [5, 5.41) is 14.7. The Bertz CT molecular complexity index is 1480. The van der Waals surface area contributed by atoms with Gasteiger partial charge in [0, 0.05) is 35.4 Å². The highest BCUT2D eigenvalue weighted by atomic mass is 35.5. The van der Waals surface area contributed by atoms with Gasteiger partial charge < -0.3 is 20.6 Å². The van der Waals surface area contributed by atoms with Crippen molar-refractivity contribution in [3.05, 3.63) is 88.2 Å². The number of anilines is 2. The maximum absolute atomic E-state index is 14.9. The third-order valence-corrected chi connectivity index (χ3v) is 6.47. The maximum atomic E-state index is 14.9. The SMILES string of the molecule is C#Cc1ccc(NC(=O)c2cc(Cl)ccc2NC(=O)c2ccc(N=CN3CCC(C(=O)O)CC3)cc2F)cc1. The number of carbonyl (C=O) groups is 3. The molecule has 3 N–H and O–H groups in total. The van der Waals surface area contributed by atoms with E-state index in [0.29, 0.717) is 42.9 Å². The number of terminal acetylenes is 1. The fourth-order valence-electron chi connectivity index (χ4n) is 4.03. The van der Waals surface area contributed by atoms with E-state index < -0.39 is 23.6 Å². The summed E-state index contributed by atoms with van der Waals surface area (Å²) in [5.41, 5.74) is 1.44. The molecular weight excluding hydrogens is 523 g/mol. The molecule has 0 unspecified atom stereocenters. The normalized spacial score (nSPS) is 13.6. The number of carbonyl (C=O) groups excluding carboxylic acids is 2. The molecule has 0 aromatic heterocycles. The Morgan fingerprint density at radius 1 is 1.00 bits per heavy atom. The first kappa shape index (κ1) is 27.4. The number of aliphatic imine (C=N–C) groups is 1. The third kappa shape index (κ3) is 7.00. The van der Waals surface area contributed by atoms with Crippen molar-refractivity contribution in [2.75, 3.05) is 23.7 Å². The van der Waals surface area contributed by atoms with Gasteiger partial charge in [-0.3, -0.25) is 14.4 Å². The van der Waals surface area contributed by atoms with Crippen LogP contribution in [0.1, 0.15) is 39.1 Å². The van der Waals surface area contributed by atoms with Crippen LogP contribution in [-0.2, 0) is 4.79 Å². The van der Waals surface area contributed by atoms with Gasteiger partial charge in [-0.05, 0) is 67.4 Å². The van der Waals surface area contributed by atoms with Gasteiger partial charge in [0.05, 0.1) is 34.8 Å². The molecule has 1 aliphatic heterocycles. The minimum atomic E-state index is -0.802. The molecule has 1 aliphatic rings. The molecule has 0 aliphatic carbocycles. The number of hydrogen-bond acceptors (Lipinski definition) is 4. The van der Waals surface area contributed by atoms with Gasteiger partial charge in [-0.15, -0.1) is 6.42 Å². The zero-order valence-electron chi connectivity index (χ0n) is 20.7. The van der Waals surface area contributed by atoms with Crippen LogP contribution in [0.25, 0.3) is 0 Å². The predicted octanol–water partition coefficient (Wildman–Crippen LogP) is 5.42. The fraction of sp³-hybridized carbons (Fsp3) is 0.172. The van der Waals surface area contributed by atoms with Gasteiger partial charge in [0.2, 0.25) is 0 Å². The maximum Gasteiger partial charge on any atom is 0.306 e. The second-order valence-electron chi connectivity index (χ2n) is 8.88. The highest BCUT2D eigenvalue weighted by Crippen LogP contribution is 2.25. The Morgan fingerprint density at radius 3 is 2.33 bits per heavy atom. The minimum Gasteiger partial charge on any atom is -0.481 e. The van der Waals surface area contributed by atoms with E-state index in [0.717, 1.165) is 6.07 Å². The number of nitrogens with zero attached hydrogens (tertiary/aromatic N) is 2. The summed E-state index contributed by atoms with van der Waals surface area (Å²) in [6.07, 6.45) is 7.93. The number of halogens is 2. The van der Waals surface area contributed by atoms with E-state index in [2.05, 4.69) is 21.5 Å². The number of carboxylic acid groups (broad SMARTS) is 1. The van der Waals surface area contributed by atoms with Crippen molar-refractivity contribution in [3.8, 4) is 12.3 Å². The molecular formula is C29H24ClFN4O4. The number of rotatable bonds is 7. The Hall–Kier alpha value is -4.68. The molecule has 3 aromatic carbocycles. The van der Waals surface area contributed by atoms with E-state index in [9.17, 15) is 18.8 Å². The lowest BCUT2D eigenvalue weighted by molar-refractivity contribution is -0.143. The Morgan fingerprint density at radius 2 is 1.69 bits per heavy atom. The highest BCUT2D eigenvalue weighted by Gasteiger charge is 2.23. The molecule has 1 saturated heterocycles. The van der Waals surface area contributed by atoms with Crippen LogP contribution in [0.2, 0.25) is 5.02 Å². The molecule has 0 radical (unpaired) electrons. The second kappa shape index (κ2) is 12.2. The topological polar surface area (TPSA) is 111 Å². The van der Waals surface area contributed by atoms with Crippen molar-refractivity contribution in [1.29, 1.82) is 0 Å². The predicted molar refractivity (Wildman–Crippen MR) is 148 cm³/mol. The zero-order chi connectivity index (χ0) is 27.9. The van der Waals surface area contributed by atoms with Gasteiger partial charge in [-0.25, -0.2) is 9.38 Å². The van der Waals surface area contributed by atoms with E-state index >= 15 is 0 Å². The van der Waals surface area contributed by atoms with E-state index in [1.54, 1.807) is 30.6 Å². The lowest BCUT2D eigenvalue weighted by Crippen LogP contribution is -2.35. The third-order valence-electron chi connectivity index (χ3n) is 6.23. The quantitative estimate of drug-likeness (QED) is 0.208. The summed E-state index contributed by atoms with van der Waals surface area (Å²) in [5.74, 6) is -0.749. The molecule has 1 heterocycles. The molecule has 198 valence electrons. The van der Waals surface area contributed by atoms with Crippen LogP contribution < -0.4 is 10.6 Å². The number of piperidine rings is 1. The van der Waals surface area contributed by atoms with Crippen molar-refractivity contribution in [2.45, 2.75) is 12.8 Å². The molecule has 4 rings (SSSR count). The van der Waals surface area contributed by atoms with Crippen LogP contribution in [-0.4, -0.2) is 47.2 Å². The summed E-state index contributed by atoms with van der Waals surface area (Å²) in [6, 6.07) is 14.9. The van der Waals surface area contributed by atoms with Crippen LogP contribution in [0.3, 0.4) is 0 Å². The zero-order valence-corrected chi connectivity index (χ0v) is 21.4. The van der Waals surface area contributed by atoms with Crippen LogP contribution in [0.5, 0.6) is 0 Å². The van der Waals surface area contributed by atoms with E-state index in [4.69, 9.17) is 23.1 Å². The molecule has 10 heteroatoms. The molecule has 0 bridgehead atoms. The van der Waals surface area contributed by atoms with E-state index in [-0.39, 0.29) is 27.8 Å². The van der Waals surface area contributed by atoms with Gasteiger partial charge in [-0.1, -0.05) is 17.5 Å². The fourth-order valence-corrected chi connectivity index (χ4v) is 4.20. The van der Waals surface area contributed by atoms with Crippen molar-refractivity contribution in [2.24, 2.45) is 10.9 Å². The summed E-state index contributed by atoms with van der Waals surface area (Å²) >= 11 is 6.09. The number of aliphatic carboxylic acids is 1. The monoisotopic (exact) mass is 546 g/mol. The first-order valence-electron chi connectivity index (χ1n) is 12.0. The lowest BCUT2D eigenvalue weighted by atomic mass is 9.98. The summed E-state index contributed by atoms with van der Waals surface area (Å²) in [6.45, 7) is 1.08. The van der Waals surface area contributed by atoms with Crippen LogP contribution in [0.15, 0.2) is 65.7 Å². The summed E-state index contributed by atoms with van der Waals surface area (Å²) in [7, 11) is 0. The van der Waals surface area contributed by atoms with Crippen LogP contribution in [0, 0.1) is 24.1 Å². The van der Waals surface area contributed by atoms with Gasteiger partial charge in [0.25, 0.3) is 11.8 Å². The number of amides is 2. The lowest BCUT2D eigenvalue weighted by Gasteiger charge is -2.28. The molecule has 1 fully saturated rings. The Balaban J connectivity index is 1.44. The average molecular weight is 547 g/mol. The highest BCUT2D eigenvalue weighted by molar-refractivity contribution is 6.31. The summed E-state index contributed by atoms with van der Waals surface area (Å²) < 4.78 is 14.9. The van der Waals surface area contributed by atoms with E-state index in [1.165, 1.54) is 30.3 Å². The van der Waals surface area contributed by atoms with Crippen molar-refractivity contribution < 1.29 is 23.9 Å². The second-order valence-corrected chi connectivity index (χ2v) is 9.31. The molecule has 2 amide bonds. The molecule has 0 saturated carbocycles. The number of benzene rings is 3. The molecule has 0 spiro atoms.